The molecule has 1 N–H and O–H groups in total. The number of amides is 3. The van der Waals surface area contributed by atoms with Crippen LogP contribution in [0, 0.1) is 0 Å². The molecule has 3 atom stereocenters. The third-order valence-corrected chi connectivity index (χ3v) is 7.66. The Bertz CT molecular complexity index is 1050. The van der Waals surface area contributed by atoms with E-state index in [-0.39, 0.29) is 36.2 Å². The molecule has 1 aliphatic carbocycles. The van der Waals surface area contributed by atoms with Gasteiger partial charge in [-0.15, -0.1) is 0 Å². The highest BCUT2D eigenvalue weighted by Crippen LogP contribution is 2.32. The fourth-order valence-corrected chi connectivity index (χ4v) is 5.88. The number of benzene rings is 2. The van der Waals surface area contributed by atoms with Crippen molar-refractivity contribution in [2.75, 3.05) is 13.1 Å². The van der Waals surface area contributed by atoms with E-state index < -0.39 is 6.04 Å². The Morgan fingerprint density at radius 1 is 0.882 bits per heavy atom. The molecule has 0 aromatic heterocycles. The van der Waals surface area contributed by atoms with E-state index in [4.69, 9.17) is 0 Å². The summed E-state index contributed by atoms with van der Waals surface area (Å²) in [6.45, 7) is 1.04. The number of aryl methyl sites for hydroxylation is 1. The van der Waals surface area contributed by atoms with Crippen LogP contribution in [0.5, 0.6) is 0 Å². The molecule has 34 heavy (non-hydrogen) atoms. The fourth-order valence-electron chi connectivity index (χ4n) is 5.88. The molecule has 2 heterocycles. The van der Waals surface area contributed by atoms with Crippen LogP contribution < -0.4 is 5.32 Å². The smallest absolute Gasteiger partial charge is 0.243 e. The summed E-state index contributed by atoms with van der Waals surface area (Å²) in [6.07, 6.45) is 5.90. The van der Waals surface area contributed by atoms with Crippen molar-refractivity contribution in [3.05, 3.63) is 71.3 Å². The molecule has 6 heteroatoms. The maximum atomic E-state index is 13.3. The lowest BCUT2D eigenvalue weighted by atomic mass is 9.87. The standard InChI is InChI=1S/C28H33N3O3/c32-26-16-18-30(27(33)19-20-7-2-1-3-8-20)17-15-22-13-14-25(31(22)26)28(34)29-24-12-6-10-21-9-4-5-11-23(21)24/h1-5,7-9,11,22,24-25H,6,10,12-19H2,(H,29,34)/t22-,24?,25+/m1/s1. The van der Waals surface area contributed by atoms with E-state index in [1.54, 1.807) is 0 Å². The molecule has 5 rings (SSSR count). The van der Waals surface area contributed by atoms with Crippen molar-refractivity contribution in [1.82, 2.24) is 15.1 Å². The van der Waals surface area contributed by atoms with E-state index in [1.165, 1.54) is 11.1 Å². The Morgan fingerprint density at radius 2 is 1.68 bits per heavy atom. The van der Waals surface area contributed by atoms with E-state index in [0.717, 1.165) is 37.7 Å². The number of fused-ring (bicyclic) bond motifs is 2. The predicted octanol–water partition coefficient (Wildman–Crippen LogP) is 3.40. The summed E-state index contributed by atoms with van der Waals surface area (Å²) in [7, 11) is 0. The van der Waals surface area contributed by atoms with E-state index in [1.807, 2.05) is 46.2 Å². The van der Waals surface area contributed by atoms with Gasteiger partial charge in [-0.25, -0.2) is 0 Å². The van der Waals surface area contributed by atoms with Gasteiger partial charge in [0.2, 0.25) is 17.7 Å². The largest absolute Gasteiger partial charge is 0.347 e. The minimum absolute atomic E-state index is 0.0103. The minimum Gasteiger partial charge on any atom is -0.347 e. The van der Waals surface area contributed by atoms with Gasteiger partial charge in [0.15, 0.2) is 0 Å². The molecule has 0 spiro atoms. The van der Waals surface area contributed by atoms with Gasteiger partial charge >= 0.3 is 0 Å². The third-order valence-electron chi connectivity index (χ3n) is 7.66. The molecule has 1 unspecified atom stereocenters. The van der Waals surface area contributed by atoms with E-state index in [2.05, 4.69) is 23.5 Å². The van der Waals surface area contributed by atoms with E-state index in [0.29, 0.717) is 25.9 Å². The lowest BCUT2D eigenvalue weighted by molar-refractivity contribution is -0.143. The Balaban J connectivity index is 1.22. The Labute approximate surface area is 201 Å². The average molecular weight is 460 g/mol. The summed E-state index contributed by atoms with van der Waals surface area (Å²) in [5.74, 6) is 0.0229. The first-order chi connectivity index (χ1) is 16.6. The van der Waals surface area contributed by atoms with Gasteiger partial charge in [-0.2, -0.15) is 0 Å². The summed E-state index contributed by atoms with van der Waals surface area (Å²) < 4.78 is 0. The first-order valence-corrected chi connectivity index (χ1v) is 12.6. The van der Waals surface area contributed by atoms with Crippen LogP contribution >= 0.6 is 0 Å². The van der Waals surface area contributed by atoms with Crippen molar-refractivity contribution in [3.63, 3.8) is 0 Å². The molecule has 2 aliphatic heterocycles. The lowest BCUT2D eigenvalue weighted by Crippen LogP contribution is -2.52. The van der Waals surface area contributed by atoms with Crippen LogP contribution in [-0.4, -0.2) is 52.7 Å². The highest BCUT2D eigenvalue weighted by Gasteiger charge is 2.42. The van der Waals surface area contributed by atoms with Crippen molar-refractivity contribution in [2.45, 2.75) is 69.5 Å². The Kier molecular flexibility index (Phi) is 6.66. The molecule has 0 saturated carbocycles. The third kappa shape index (κ3) is 4.72. The van der Waals surface area contributed by atoms with Crippen molar-refractivity contribution < 1.29 is 14.4 Å². The number of hydrogen-bond donors (Lipinski definition) is 1. The van der Waals surface area contributed by atoms with Crippen molar-refractivity contribution in [3.8, 4) is 0 Å². The first-order valence-electron chi connectivity index (χ1n) is 12.6. The van der Waals surface area contributed by atoms with Crippen LogP contribution in [0.2, 0.25) is 0 Å². The molecule has 178 valence electrons. The second-order valence-electron chi connectivity index (χ2n) is 9.78. The maximum Gasteiger partial charge on any atom is 0.243 e. The summed E-state index contributed by atoms with van der Waals surface area (Å²) in [5, 5.41) is 3.26. The topological polar surface area (TPSA) is 69.7 Å². The molecule has 0 bridgehead atoms. The second-order valence-corrected chi connectivity index (χ2v) is 9.78. The van der Waals surface area contributed by atoms with E-state index >= 15 is 0 Å². The fraction of sp³-hybridized carbons (Fsp3) is 0.464. The molecule has 2 aromatic carbocycles. The number of hydrogen-bond acceptors (Lipinski definition) is 3. The van der Waals surface area contributed by atoms with Gasteiger partial charge < -0.3 is 15.1 Å². The van der Waals surface area contributed by atoms with Crippen molar-refractivity contribution in [1.29, 1.82) is 0 Å². The molecular weight excluding hydrogens is 426 g/mol. The average Bonchev–Trinajstić information content (AvgIpc) is 3.27. The SMILES string of the molecule is O=C(NC1CCCc2ccccc21)[C@@H]1CC[C@@H]2CCN(C(=O)Cc3ccccc3)CCC(=O)N21. The van der Waals surface area contributed by atoms with Gasteiger partial charge in [-0.05, 0) is 55.2 Å². The zero-order valence-corrected chi connectivity index (χ0v) is 19.6. The molecule has 2 fully saturated rings. The first kappa shape index (κ1) is 22.6. The summed E-state index contributed by atoms with van der Waals surface area (Å²) in [6, 6.07) is 17.7. The van der Waals surface area contributed by atoms with Gasteiger partial charge in [0.1, 0.15) is 6.04 Å². The molecule has 3 amide bonds. The number of nitrogens with one attached hydrogen (secondary N) is 1. The monoisotopic (exact) mass is 459 g/mol. The van der Waals surface area contributed by atoms with Crippen LogP contribution in [0.1, 0.15) is 61.3 Å². The van der Waals surface area contributed by atoms with Gasteiger partial charge in [-0.1, -0.05) is 54.6 Å². The van der Waals surface area contributed by atoms with E-state index in [9.17, 15) is 14.4 Å². The zero-order valence-electron chi connectivity index (χ0n) is 19.6. The predicted molar refractivity (Wildman–Crippen MR) is 130 cm³/mol. The molecule has 0 radical (unpaired) electrons. The van der Waals surface area contributed by atoms with Gasteiger partial charge in [0, 0.05) is 25.6 Å². The molecular formula is C28H33N3O3. The summed E-state index contributed by atoms with van der Waals surface area (Å²) in [4.78, 5) is 43.0. The number of nitrogens with zero attached hydrogens (tertiary/aromatic N) is 2. The summed E-state index contributed by atoms with van der Waals surface area (Å²) in [5.41, 5.74) is 3.51. The molecule has 6 nitrogen and oxygen atoms in total. The molecule has 2 saturated heterocycles. The van der Waals surface area contributed by atoms with Crippen molar-refractivity contribution >= 4 is 17.7 Å². The molecule has 2 aromatic rings. The van der Waals surface area contributed by atoms with Gasteiger partial charge in [-0.3, -0.25) is 14.4 Å². The van der Waals surface area contributed by atoms with Crippen molar-refractivity contribution in [2.24, 2.45) is 0 Å². The number of carbonyl (C=O) groups excluding carboxylic acids is 3. The van der Waals surface area contributed by atoms with Crippen LogP contribution in [0.15, 0.2) is 54.6 Å². The zero-order chi connectivity index (χ0) is 23.5. The summed E-state index contributed by atoms with van der Waals surface area (Å²) >= 11 is 0. The maximum absolute atomic E-state index is 13.3. The Hall–Kier alpha value is -3.15. The number of carbonyl (C=O) groups is 3. The normalized spacial score (nSPS) is 24.6. The quantitative estimate of drug-likeness (QED) is 0.762. The van der Waals surface area contributed by atoms with Crippen LogP contribution in [-0.2, 0) is 27.2 Å². The second kappa shape index (κ2) is 10.00. The van der Waals surface area contributed by atoms with Crippen LogP contribution in [0.4, 0.5) is 0 Å². The van der Waals surface area contributed by atoms with Gasteiger partial charge in [0.05, 0.1) is 12.5 Å². The molecule has 3 aliphatic rings. The minimum atomic E-state index is -0.404. The van der Waals surface area contributed by atoms with Crippen LogP contribution in [0.3, 0.4) is 0 Å². The number of rotatable bonds is 4. The highest BCUT2D eigenvalue weighted by molar-refractivity contribution is 5.89. The lowest BCUT2D eigenvalue weighted by Gasteiger charge is -2.36. The highest BCUT2D eigenvalue weighted by atomic mass is 16.2. The van der Waals surface area contributed by atoms with Crippen LogP contribution in [0.25, 0.3) is 0 Å². The Morgan fingerprint density at radius 3 is 2.53 bits per heavy atom. The van der Waals surface area contributed by atoms with Gasteiger partial charge in [0.25, 0.3) is 0 Å².